The molecule has 41 heavy (non-hydrogen) atoms. The molecule has 3 aromatic carbocycles. The lowest BCUT2D eigenvalue weighted by atomic mass is 10.0. The van der Waals surface area contributed by atoms with Gasteiger partial charge in [-0.25, -0.2) is 17.1 Å². The second kappa shape index (κ2) is 12.2. The predicted molar refractivity (Wildman–Crippen MR) is 151 cm³/mol. The first-order valence-corrected chi connectivity index (χ1v) is 15.2. The lowest BCUT2D eigenvalue weighted by Gasteiger charge is -2.33. The Morgan fingerprint density at radius 3 is 2.27 bits per heavy atom. The molecule has 3 amide bonds. The number of rotatable bonds is 10. The molecule has 1 N–H and O–H groups in total. The molecule has 0 unspecified atom stereocenters. The highest BCUT2D eigenvalue weighted by molar-refractivity contribution is 7.90. The first-order valence-electron chi connectivity index (χ1n) is 13.8. The van der Waals surface area contributed by atoms with Crippen molar-refractivity contribution >= 4 is 27.7 Å². The number of fused-ring (bicyclic) bond motifs is 1. The van der Waals surface area contributed by atoms with E-state index in [1.54, 1.807) is 24.3 Å². The SMILES string of the molecule is O=C(NC1CCCC1)[C@@H](Cc1ccccc1)N(Cc1ccc(F)cc1)C(=O)CCN1C(=O)c2ccccc2S1(=O)=O. The average Bonchev–Trinajstić information content (AvgIpc) is 3.55. The minimum atomic E-state index is -4.09. The molecule has 0 spiro atoms. The molecule has 1 saturated carbocycles. The summed E-state index contributed by atoms with van der Waals surface area (Å²) in [5.41, 5.74) is 1.54. The molecule has 0 radical (unpaired) electrons. The van der Waals surface area contributed by atoms with Gasteiger partial charge in [0.2, 0.25) is 11.8 Å². The summed E-state index contributed by atoms with van der Waals surface area (Å²) in [6.07, 6.45) is 3.69. The zero-order valence-electron chi connectivity index (χ0n) is 22.5. The van der Waals surface area contributed by atoms with E-state index in [4.69, 9.17) is 0 Å². The Labute approximate surface area is 239 Å². The van der Waals surface area contributed by atoms with E-state index in [1.165, 1.54) is 29.2 Å². The van der Waals surface area contributed by atoms with Gasteiger partial charge in [0, 0.05) is 32.0 Å². The molecule has 2 aliphatic rings. The van der Waals surface area contributed by atoms with Crippen LogP contribution < -0.4 is 5.32 Å². The van der Waals surface area contributed by atoms with Crippen LogP contribution in [0, 0.1) is 5.82 Å². The zero-order valence-corrected chi connectivity index (χ0v) is 23.4. The number of sulfonamides is 1. The lowest BCUT2D eigenvalue weighted by molar-refractivity contribution is -0.141. The second-order valence-electron chi connectivity index (χ2n) is 10.5. The molecule has 1 atom stereocenters. The van der Waals surface area contributed by atoms with Crippen molar-refractivity contribution < 1.29 is 27.2 Å². The number of amides is 3. The normalized spacial score (nSPS) is 16.8. The van der Waals surface area contributed by atoms with Crippen LogP contribution in [0.4, 0.5) is 4.39 Å². The summed E-state index contributed by atoms with van der Waals surface area (Å²) in [5.74, 6) is -1.90. The van der Waals surface area contributed by atoms with Crippen molar-refractivity contribution in [2.75, 3.05) is 6.54 Å². The summed E-state index contributed by atoms with van der Waals surface area (Å²) < 4.78 is 40.5. The van der Waals surface area contributed by atoms with Crippen LogP contribution in [0.2, 0.25) is 0 Å². The third-order valence-corrected chi connectivity index (χ3v) is 9.52. The third kappa shape index (κ3) is 6.32. The van der Waals surface area contributed by atoms with Gasteiger partial charge in [-0.15, -0.1) is 0 Å². The Kier molecular flexibility index (Phi) is 8.49. The van der Waals surface area contributed by atoms with Crippen molar-refractivity contribution in [2.45, 2.75) is 62.0 Å². The fourth-order valence-corrected chi connectivity index (χ4v) is 7.07. The zero-order chi connectivity index (χ0) is 29.0. The van der Waals surface area contributed by atoms with Gasteiger partial charge < -0.3 is 10.2 Å². The van der Waals surface area contributed by atoms with Crippen LogP contribution in [0.3, 0.4) is 0 Å². The van der Waals surface area contributed by atoms with E-state index in [9.17, 15) is 27.2 Å². The van der Waals surface area contributed by atoms with Gasteiger partial charge in [-0.3, -0.25) is 14.4 Å². The summed E-state index contributed by atoms with van der Waals surface area (Å²) in [7, 11) is -4.09. The molecular weight excluding hydrogens is 545 g/mol. The molecule has 0 bridgehead atoms. The Hall–Kier alpha value is -4.05. The summed E-state index contributed by atoms with van der Waals surface area (Å²) in [5, 5.41) is 3.11. The minimum absolute atomic E-state index is 0.00955. The molecule has 1 fully saturated rings. The van der Waals surface area contributed by atoms with Gasteiger partial charge in [0.25, 0.3) is 15.9 Å². The van der Waals surface area contributed by atoms with Gasteiger partial charge in [0.05, 0.1) is 5.56 Å². The quantitative estimate of drug-likeness (QED) is 0.392. The van der Waals surface area contributed by atoms with Crippen molar-refractivity contribution in [3.05, 3.63) is 101 Å². The third-order valence-electron chi connectivity index (χ3n) is 7.68. The molecule has 3 aromatic rings. The first kappa shape index (κ1) is 28.5. The maximum Gasteiger partial charge on any atom is 0.269 e. The van der Waals surface area contributed by atoms with Crippen molar-refractivity contribution in [1.82, 2.24) is 14.5 Å². The Bertz CT molecular complexity index is 1520. The van der Waals surface area contributed by atoms with E-state index in [0.29, 0.717) is 5.56 Å². The highest BCUT2D eigenvalue weighted by atomic mass is 32.2. The number of nitrogens with one attached hydrogen (secondary N) is 1. The number of hydrogen-bond donors (Lipinski definition) is 1. The Morgan fingerprint density at radius 2 is 1.59 bits per heavy atom. The fourth-order valence-electron chi connectivity index (χ4n) is 5.50. The van der Waals surface area contributed by atoms with Gasteiger partial charge in [-0.1, -0.05) is 67.4 Å². The topological polar surface area (TPSA) is 104 Å². The van der Waals surface area contributed by atoms with Crippen molar-refractivity contribution in [2.24, 2.45) is 0 Å². The first-order chi connectivity index (χ1) is 19.7. The number of carbonyl (C=O) groups is 3. The number of hydrogen-bond acceptors (Lipinski definition) is 5. The van der Waals surface area contributed by atoms with Crippen LogP contribution in [0.25, 0.3) is 0 Å². The minimum Gasteiger partial charge on any atom is -0.352 e. The Balaban J connectivity index is 1.42. The van der Waals surface area contributed by atoms with Gasteiger partial charge in [-0.2, -0.15) is 0 Å². The summed E-state index contributed by atoms with van der Waals surface area (Å²) in [4.78, 5) is 41.9. The summed E-state index contributed by atoms with van der Waals surface area (Å²) >= 11 is 0. The molecule has 8 nitrogen and oxygen atoms in total. The van der Waals surface area contributed by atoms with Crippen LogP contribution in [0.15, 0.2) is 83.8 Å². The van der Waals surface area contributed by atoms with Gasteiger partial charge >= 0.3 is 0 Å². The molecule has 1 aliphatic carbocycles. The van der Waals surface area contributed by atoms with Gasteiger partial charge in [0.1, 0.15) is 16.8 Å². The van der Waals surface area contributed by atoms with Crippen LogP contribution in [0.1, 0.15) is 53.6 Å². The van der Waals surface area contributed by atoms with Gasteiger partial charge in [-0.05, 0) is 48.2 Å². The molecule has 214 valence electrons. The van der Waals surface area contributed by atoms with E-state index in [1.807, 2.05) is 30.3 Å². The highest BCUT2D eigenvalue weighted by Gasteiger charge is 2.41. The number of benzene rings is 3. The van der Waals surface area contributed by atoms with E-state index in [-0.39, 0.29) is 48.3 Å². The average molecular weight is 578 g/mol. The Morgan fingerprint density at radius 1 is 0.927 bits per heavy atom. The van der Waals surface area contributed by atoms with Crippen molar-refractivity contribution in [3.8, 4) is 0 Å². The highest BCUT2D eigenvalue weighted by Crippen LogP contribution is 2.30. The van der Waals surface area contributed by atoms with Crippen LogP contribution in [-0.2, 0) is 32.6 Å². The molecule has 1 heterocycles. The van der Waals surface area contributed by atoms with Gasteiger partial charge in [0.15, 0.2) is 0 Å². The van der Waals surface area contributed by atoms with E-state index < -0.39 is 33.7 Å². The molecule has 0 saturated heterocycles. The molecule has 5 rings (SSSR count). The van der Waals surface area contributed by atoms with Crippen LogP contribution in [-0.4, -0.2) is 54.0 Å². The largest absolute Gasteiger partial charge is 0.352 e. The lowest BCUT2D eigenvalue weighted by Crippen LogP contribution is -2.52. The number of halogens is 1. The number of carbonyl (C=O) groups excluding carboxylic acids is 3. The second-order valence-corrected chi connectivity index (χ2v) is 12.3. The monoisotopic (exact) mass is 577 g/mol. The van der Waals surface area contributed by atoms with Crippen molar-refractivity contribution in [3.63, 3.8) is 0 Å². The van der Waals surface area contributed by atoms with Crippen LogP contribution in [0.5, 0.6) is 0 Å². The van der Waals surface area contributed by atoms with E-state index in [0.717, 1.165) is 35.6 Å². The maximum atomic E-state index is 13.9. The van der Waals surface area contributed by atoms with Crippen molar-refractivity contribution in [1.29, 1.82) is 0 Å². The predicted octanol–water partition coefficient (Wildman–Crippen LogP) is 4.06. The fraction of sp³-hybridized carbons (Fsp3) is 0.323. The molecular formula is C31H32FN3O5S. The van der Waals surface area contributed by atoms with Crippen LogP contribution >= 0.6 is 0 Å². The molecule has 1 aliphatic heterocycles. The maximum absolute atomic E-state index is 13.9. The molecule has 0 aromatic heterocycles. The van der Waals surface area contributed by atoms with E-state index >= 15 is 0 Å². The van der Waals surface area contributed by atoms with E-state index in [2.05, 4.69) is 5.32 Å². The summed E-state index contributed by atoms with van der Waals surface area (Å²) in [6.45, 7) is -0.355. The molecule has 10 heteroatoms. The summed E-state index contributed by atoms with van der Waals surface area (Å²) in [6, 6.07) is 20.1. The smallest absolute Gasteiger partial charge is 0.269 e. The number of nitrogens with zero attached hydrogens (tertiary/aromatic N) is 2. The standard InChI is InChI=1S/C31H32FN3O5S/c32-24-16-14-23(15-17-24)21-34(27(20-22-8-2-1-3-9-22)30(37)33-25-10-4-5-11-25)29(36)18-19-35-31(38)26-12-6-7-13-28(26)41(35,39)40/h1-3,6-9,12-17,25,27H,4-5,10-11,18-21H2,(H,33,37)/t27-/m1/s1.